The van der Waals surface area contributed by atoms with E-state index in [2.05, 4.69) is 20.2 Å². The zero-order valence-corrected chi connectivity index (χ0v) is 14.2. The fourth-order valence-electron chi connectivity index (χ4n) is 1.77. The first-order chi connectivity index (χ1) is 12.2. The van der Waals surface area contributed by atoms with Crippen LogP contribution in [-0.2, 0) is 10.1 Å². The van der Waals surface area contributed by atoms with E-state index < -0.39 is 25.6 Å². The van der Waals surface area contributed by atoms with Crippen LogP contribution in [0.15, 0.2) is 33.3 Å². The molecule has 13 nitrogen and oxygen atoms in total. The molecule has 0 radical (unpaired) electrons. The number of aromatic nitrogens is 2. The monoisotopic (exact) mass is 384 g/mol. The summed E-state index contributed by atoms with van der Waals surface area (Å²) in [6.07, 6.45) is 0. The number of nitro groups is 1. The van der Waals surface area contributed by atoms with Gasteiger partial charge in [-0.15, -0.1) is 10.2 Å². The highest BCUT2D eigenvalue weighted by Crippen LogP contribution is 2.35. The van der Waals surface area contributed by atoms with E-state index in [9.17, 15) is 23.1 Å². The third kappa shape index (κ3) is 3.98. The van der Waals surface area contributed by atoms with Crippen molar-refractivity contribution in [3.63, 3.8) is 0 Å². The Kier molecular flexibility index (Phi) is 5.27. The van der Waals surface area contributed by atoms with E-state index in [1.165, 1.54) is 14.2 Å². The highest BCUT2D eigenvalue weighted by molar-refractivity contribution is 7.86. The number of nitrogens with zero attached hydrogens (tertiary/aromatic N) is 5. The van der Waals surface area contributed by atoms with E-state index in [1.807, 2.05) is 0 Å². The molecule has 0 saturated heterocycles. The molecule has 0 amide bonds. The van der Waals surface area contributed by atoms with Crippen molar-refractivity contribution in [2.75, 3.05) is 20.0 Å². The predicted molar refractivity (Wildman–Crippen MR) is 86.6 cm³/mol. The summed E-state index contributed by atoms with van der Waals surface area (Å²) in [5.41, 5.74) is 4.65. The average molecular weight is 384 g/mol. The van der Waals surface area contributed by atoms with Crippen molar-refractivity contribution in [3.8, 4) is 11.9 Å². The first kappa shape index (κ1) is 18.9. The van der Waals surface area contributed by atoms with E-state index in [4.69, 9.17) is 15.2 Å². The van der Waals surface area contributed by atoms with Gasteiger partial charge in [-0.3, -0.25) is 14.7 Å². The fraction of sp³-hybridized carbons (Fsp3) is 0.167. The van der Waals surface area contributed by atoms with Gasteiger partial charge in [0.25, 0.3) is 15.8 Å². The Labute approximate surface area is 146 Å². The van der Waals surface area contributed by atoms with Crippen LogP contribution in [0.1, 0.15) is 0 Å². The van der Waals surface area contributed by atoms with Crippen LogP contribution in [-0.4, -0.2) is 42.1 Å². The molecule has 0 bridgehead atoms. The van der Waals surface area contributed by atoms with Crippen molar-refractivity contribution in [2.45, 2.75) is 4.90 Å². The zero-order valence-electron chi connectivity index (χ0n) is 13.4. The lowest BCUT2D eigenvalue weighted by atomic mass is 10.3. The smallest absolute Gasteiger partial charge is 0.321 e. The average Bonchev–Trinajstić information content (AvgIpc) is 2.58. The van der Waals surface area contributed by atoms with Crippen molar-refractivity contribution in [3.05, 3.63) is 28.3 Å². The Balaban J connectivity index is 2.57. The predicted octanol–water partition coefficient (Wildman–Crippen LogP) is 1.65. The van der Waals surface area contributed by atoms with Gasteiger partial charge in [0.2, 0.25) is 5.88 Å². The van der Waals surface area contributed by atoms with Crippen molar-refractivity contribution < 1.29 is 27.4 Å². The summed E-state index contributed by atoms with van der Waals surface area (Å²) in [6.45, 7) is 0. The Hall–Kier alpha value is -3.39. The SMILES string of the molecule is COc1nc(N)c(N=Nc2ccc([N+](=O)[O-])cc2S(=O)(=O)O)c(OC)n1. The molecule has 3 N–H and O–H groups in total. The van der Waals surface area contributed by atoms with Gasteiger partial charge in [-0.05, 0) is 6.07 Å². The second-order valence-electron chi connectivity index (χ2n) is 4.54. The van der Waals surface area contributed by atoms with E-state index in [1.54, 1.807) is 0 Å². The van der Waals surface area contributed by atoms with Crippen LogP contribution in [0, 0.1) is 10.1 Å². The van der Waals surface area contributed by atoms with Crippen LogP contribution in [0.25, 0.3) is 0 Å². The lowest BCUT2D eigenvalue weighted by molar-refractivity contribution is -0.385. The molecule has 0 fully saturated rings. The van der Waals surface area contributed by atoms with Crippen LogP contribution >= 0.6 is 0 Å². The van der Waals surface area contributed by atoms with Crippen LogP contribution < -0.4 is 15.2 Å². The van der Waals surface area contributed by atoms with Crippen molar-refractivity contribution >= 4 is 33.0 Å². The maximum Gasteiger partial charge on any atom is 0.321 e. The quantitative estimate of drug-likeness (QED) is 0.320. The van der Waals surface area contributed by atoms with Gasteiger partial charge >= 0.3 is 6.01 Å². The van der Waals surface area contributed by atoms with Gasteiger partial charge in [0.15, 0.2) is 11.5 Å². The summed E-state index contributed by atoms with van der Waals surface area (Å²) in [6, 6.07) is 2.55. The Bertz CT molecular complexity index is 992. The third-order valence-electron chi connectivity index (χ3n) is 2.92. The summed E-state index contributed by atoms with van der Waals surface area (Å²) in [4.78, 5) is 16.8. The number of methoxy groups -OCH3 is 2. The second-order valence-corrected chi connectivity index (χ2v) is 5.93. The van der Waals surface area contributed by atoms with Gasteiger partial charge in [0, 0.05) is 12.1 Å². The highest BCUT2D eigenvalue weighted by atomic mass is 32.2. The first-order valence-corrected chi connectivity index (χ1v) is 8.04. The minimum atomic E-state index is -4.80. The molecule has 138 valence electrons. The van der Waals surface area contributed by atoms with Gasteiger partial charge in [-0.2, -0.15) is 18.4 Å². The maximum absolute atomic E-state index is 11.5. The summed E-state index contributed by atoms with van der Waals surface area (Å²) in [7, 11) is -2.22. The molecule has 0 spiro atoms. The summed E-state index contributed by atoms with van der Waals surface area (Å²) in [5, 5.41) is 18.1. The van der Waals surface area contributed by atoms with E-state index in [-0.39, 0.29) is 29.1 Å². The zero-order chi connectivity index (χ0) is 19.5. The van der Waals surface area contributed by atoms with E-state index in [0.29, 0.717) is 6.07 Å². The number of nitro benzene ring substituents is 1. The number of benzene rings is 1. The van der Waals surface area contributed by atoms with Crippen molar-refractivity contribution in [1.29, 1.82) is 0 Å². The number of hydrogen-bond donors (Lipinski definition) is 2. The molecule has 2 rings (SSSR count). The molecule has 1 aromatic heterocycles. The topological polar surface area (TPSA) is 192 Å². The van der Waals surface area contributed by atoms with Crippen LogP contribution in [0.2, 0.25) is 0 Å². The number of rotatable bonds is 6. The second kappa shape index (κ2) is 7.24. The molecule has 1 aromatic carbocycles. The van der Waals surface area contributed by atoms with Crippen molar-refractivity contribution in [2.24, 2.45) is 10.2 Å². The molecule has 0 aliphatic carbocycles. The van der Waals surface area contributed by atoms with E-state index in [0.717, 1.165) is 12.1 Å². The number of azo groups is 1. The van der Waals surface area contributed by atoms with Crippen LogP contribution in [0.5, 0.6) is 11.9 Å². The molecule has 2 aromatic rings. The number of ether oxygens (including phenoxy) is 2. The fourth-order valence-corrected chi connectivity index (χ4v) is 2.41. The minimum absolute atomic E-state index is 0.0905. The molecule has 1 heterocycles. The Morgan fingerprint density at radius 2 is 1.92 bits per heavy atom. The molecule has 26 heavy (non-hydrogen) atoms. The highest BCUT2D eigenvalue weighted by Gasteiger charge is 2.21. The molecule has 14 heteroatoms. The van der Waals surface area contributed by atoms with Gasteiger partial charge in [0.05, 0.1) is 19.1 Å². The van der Waals surface area contributed by atoms with Gasteiger partial charge in [-0.25, -0.2) is 0 Å². The maximum atomic E-state index is 11.5. The van der Waals surface area contributed by atoms with Crippen LogP contribution in [0.3, 0.4) is 0 Å². The third-order valence-corrected chi connectivity index (χ3v) is 3.81. The summed E-state index contributed by atoms with van der Waals surface area (Å²) >= 11 is 0. The molecule has 0 aliphatic heterocycles. The van der Waals surface area contributed by atoms with E-state index >= 15 is 0 Å². The van der Waals surface area contributed by atoms with Crippen molar-refractivity contribution in [1.82, 2.24) is 9.97 Å². The summed E-state index contributed by atoms with van der Waals surface area (Å²) < 4.78 is 42.0. The molecular weight excluding hydrogens is 372 g/mol. The number of hydrogen-bond acceptors (Lipinski definition) is 11. The van der Waals surface area contributed by atoms with Gasteiger partial charge in [-0.1, -0.05) is 0 Å². The lowest BCUT2D eigenvalue weighted by Crippen LogP contribution is -2.01. The molecule has 0 saturated carbocycles. The summed E-state index contributed by atoms with van der Waals surface area (Å²) in [5.74, 6) is -0.277. The molecule has 0 unspecified atom stereocenters. The minimum Gasteiger partial charge on any atom is -0.479 e. The molecule has 0 aliphatic rings. The lowest BCUT2D eigenvalue weighted by Gasteiger charge is -2.07. The number of nitrogen functional groups attached to an aromatic ring is 1. The number of nitrogens with two attached hydrogens (primary N) is 1. The Morgan fingerprint density at radius 1 is 1.23 bits per heavy atom. The van der Waals surface area contributed by atoms with Crippen LogP contribution in [0.4, 0.5) is 22.9 Å². The number of anilines is 1. The largest absolute Gasteiger partial charge is 0.479 e. The first-order valence-electron chi connectivity index (χ1n) is 6.60. The number of non-ortho nitro benzene ring substituents is 1. The molecular formula is C12H12N6O7S. The molecule has 0 atom stereocenters. The standard InChI is InChI=1S/C12H12N6O7S/c1-24-11-9(10(13)14-12(15-11)25-2)17-16-7-4-3-6(18(19)20)5-8(7)26(21,22)23/h3-5H,1-2H3,(H2,13,14,15)(H,21,22,23). The van der Waals surface area contributed by atoms with Gasteiger partial charge < -0.3 is 15.2 Å². The Morgan fingerprint density at radius 3 is 2.46 bits per heavy atom. The van der Waals surface area contributed by atoms with Gasteiger partial charge in [0.1, 0.15) is 10.6 Å². The normalized spacial score (nSPS) is 11.5.